The van der Waals surface area contributed by atoms with Crippen LogP contribution in [0.4, 0.5) is 19.0 Å². The summed E-state index contributed by atoms with van der Waals surface area (Å²) in [6, 6.07) is 14.3. The third-order valence-electron chi connectivity index (χ3n) is 6.75. The number of carbonyl (C=O) groups is 1. The highest BCUT2D eigenvalue weighted by Crippen LogP contribution is 2.30. The zero-order valence-electron chi connectivity index (χ0n) is 20.7. The van der Waals surface area contributed by atoms with Gasteiger partial charge in [0.2, 0.25) is 0 Å². The van der Waals surface area contributed by atoms with Crippen LogP contribution < -0.4 is 9.64 Å². The zero-order chi connectivity index (χ0) is 26.7. The van der Waals surface area contributed by atoms with Crippen molar-refractivity contribution in [1.29, 1.82) is 5.26 Å². The van der Waals surface area contributed by atoms with Crippen LogP contribution in [0.5, 0.6) is 5.75 Å². The van der Waals surface area contributed by atoms with Gasteiger partial charge in [-0.1, -0.05) is 12.1 Å². The lowest BCUT2D eigenvalue weighted by molar-refractivity contribution is -0.274. The smallest absolute Gasteiger partial charge is 0.406 e. The number of alkyl halides is 3. The van der Waals surface area contributed by atoms with Gasteiger partial charge in [-0.3, -0.25) is 4.79 Å². The van der Waals surface area contributed by atoms with Crippen molar-refractivity contribution in [2.75, 3.05) is 25.0 Å². The summed E-state index contributed by atoms with van der Waals surface area (Å²) in [4.78, 5) is 16.7. The number of hydrogen-bond donors (Lipinski definition) is 0. The van der Waals surface area contributed by atoms with E-state index in [4.69, 9.17) is 5.26 Å². The molecule has 2 aromatic carbocycles. The number of nitrogens with zero attached hydrogens (tertiary/aromatic N) is 5. The van der Waals surface area contributed by atoms with Gasteiger partial charge in [0, 0.05) is 37.3 Å². The Morgan fingerprint density at radius 1 is 1.03 bits per heavy atom. The first-order chi connectivity index (χ1) is 17.6. The van der Waals surface area contributed by atoms with Crippen LogP contribution in [0.25, 0.3) is 11.3 Å². The van der Waals surface area contributed by atoms with Gasteiger partial charge in [-0.05, 0) is 74.2 Å². The fourth-order valence-corrected chi connectivity index (χ4v) is 4.50. The van der Waals surface area contributed by atoms with Gasteiger partial charge < -0.3 is 14.5 Å². The van der Waals surface area contributed by atoms with Crippen molar-refractivity contribution in [3.05, 3.63) is 70.8 Å². The van der Waals surface area contributed by atoms with Gasteiger partial charge in [-0.2, -0.15) is 5.26 Å². The Morgan fingerprint density at radius 2 is 1.65 bits per heavy atom. The predicted octanol–water partition coefficient (Wildman–Crippen LogP) is 5.27. The number of nitriles is 1. The lowest BCUT2D eigenvalue weighted by Crippen LogP contribution is -2.46. The van der Waals surface area contributed by atoms with Crippen molar-refractivity contribution in [3.63, 3.8) is 0 Å². The minimum Gasteiger partial charge on any atom is -0.406 e. The standard InChI is InChI=1S/C27H26F3N5O2/c1-17-18(2)25(33-32-24(17)20-6-4-19(16-31)5-7-20)35-14-12-22(13-15-35)34(3)26(36)21-8-10-23(11-9-21)37-27(28,29)30/h4-11,22H,12-15H2,1-3H3. The Balaban J connectivity index is 1.40. The molecule has 3 aromatic rings. The van der Waals surface area contributed by atoms with Gasteiger partial charge in [-0.15, -0.1) is 23.4 Å². The first-order valence-electron chi connectivity index (χ1n) is 11.8. The van der Waals surface area contributed by atoms with E-state index in [9.17, 15) is 18.0 Å². The third-order valence-corrected chi connectivity index (χ3v) is 6.75. The first-order valence-corrected chi connectivity index (χ1v) is 11.8. The van der Waals surface area contributed by atoms with Crippen molar-refractivity contribution in [2.24, 2.45) is 0 Å². The maximum absolute atomic E-state index is 12.9. The number of ether oxygens (including phenoxy) is 1. The number of amides is 1. The molecule has 4 rings (SSSR count). The highest BCUT2D eigenvalue weighted by molar-refractivity contribution is 5.94. The van der Waals surface area contributed by atoms with Crippen LogP contribution in [0.2, 0.25) is 0 Å². The molecule has 0 bridgehead atoms. The second kappa shape index (κ2) is 10.5. The topological polar surface area (TPSA) is 82.4 Å². The Kier molecular flexibility index (Phi) is 7.34. The highest BCUT2D eigenvalue weighted by atomic mass is 19.4. The number of hydrogen-bond acceptors (Lipinski definition) is 6. The van der Waals surface area contributed by atoms with Gasteiger partial charge >= 0.3 is 6.36 Å². The van der Waals surface area contributed by atoms with Crippen LogP contribution >= 0.6 is 0 Å². The number of rotatable bonds is 5. The molecule has 2 heterocycles. The lowest BCUT2D eigenvalue weighted by Gasteiger charge is -2.37. The van der Waals surface area contributed by atoms with Crippen LogP contribution in [-0.4, -0.2) is 53.5 Å². The number of aromatic nitrogens is 2. The van der Waals surface area contributed by atoms with Gasteiger partial charge in [0.05, 0.1) is 17.3 Å². The molecule has 0 unspecified atom stereocenters. The van der Waals surface area contributed by atoms with Crippen molar-refractivity contribution in [1.82, 2.24) is 15.1 Å². The molecule has 0 aliphatic carbocycles. The molecule has 0 atom stereocenters. The number of benzene rings is 2. The van der Waals surface area contributed by atoms with Crippen molar-refractivity contribution < 1.29 is 22.7 Å². The molecule has 0 spiro atoms. The monoisotopic (exact) mass is 509 g/mol. The van der Waals surface area contributed by atoms with E-state index in [1.807, 2.05) is 26.0 Å². The summed E-state index contributed by atoms with van der Waals surface area (Å²) in [5.74, 6) is 0.190. The van der Waals surface area contributed by atoms with E-state index in [-0.39, 0.29) is 17.7 Å². The van der Waals surface area contributed by atoms with E-state index < -0.39 is 6.36 Å². The Bertz CT molecular complexity index is 1310. The fraction of sp³-hybridized carbons (Fsp3) is 0.333. The van der Waals surface area contributed by atoms with Crippen LogP contribution in [-0.2, 0) is 0 Å². The maximum atomic E-state index is 12.9. The summed E-state index contributed by atoms with van der Waals surface area (Å²) in [7, 11) is 1.71. The molecule has 37 heavy (non-hydrogen) atoms. The van der Waals surface area contributed by atoms with Crippen LogP contribution in [0.3, 0.4) is 0 Å². The molecular weight excluding hydrogens is 483 g/mol. The van der Waals surface area contributed by atoms with E-state index >= 15 is 0 Å². The maximum Gasteiger partial charge on any atom is 0.573 e. The zero-order valence-corrected chi connectivity index (χ0v) is 20.7. The summed E-state index contributed by atoms with van der Waals surface area (Å²) in [6.45, 7) is 5.39. The van der Waals surface area contributed by atoms with Gasteiger partial charge in [-0.25, -0.2) is 0 Å². The predicted molar refractivity (Wildman–Crippen MR) is 132 cm³/mol. The molecule has 1 aliphatic heterocycles. The van der Waals surface area contributed by atoms with Crippen molar-refractivity contribution in [3.8, 4) is 23.1 Å². The molecule has 0 radical (unpaired) electrons. The highest BCUT2D eigenvalue weighted by Gasteiger charge is 2.31. The Morgan fingerprint density at radius 3 is 2.22 bits per heavy atom. The molecule has 1 fully saturated rings. The van der Waals surface area contributed by atoms with E-state index in [0.29, 0.717) is 24.2 Å². The van der Waals surface area contributed by atoms with E-state index in [0.717, 1.165) is 53.2 Å². The third kappa shape index (κ3) is 5.82. The summed E-state index contributed by atoms with van der Waals surface area (Å²) >= 11 is 0. The van der Waals surface area contributed by atoms with Gasteiger partial charge in [0.1, 0.15) is 5.75 Å². The molecule has 1 aromatic heterocycles. The van der Waals surface area contributed by atoms with E-state index in [2.05, 4.69) is 25.9 Å². The second-order valence-corrected chi connectivity index (χ2v) is 9.02. The summed E-state index contributed by atoms with van der Waals surface area (Å²) in [6.07, 6.45) is -3.34. The van der Waals surface area contributed by atoms with Gasteiger partial charge in [0.15, 0.2) is 5.82 Å². The number of anilines is 1. The molecule has 10 heteroatoms. The summed E-state index contributed by atoms with van der Waals surface area (Å²) in [5.41, 5.74) is 4.60. The quantitative estimate of drug-likeness (QED) is 0.466. The minimum absolute atomic E-state index is 0.0119. The Hall–Kier alpha value is -4.13. The molecule has 0 saturated carbocycles. The molecule has 1 amide bonds. The molecular formula is C27H26F3N5O2. The summed E-state index contributed by atoms with van der Waals surface area (Å²) in [5, 5.41) is 18.0. The lowest BCUT2D eigenvalue weighted by atomic mass is 10.00. The molecule has 7 nitrogen and oxygen atoms in total. The molecule has 1 saturated heterocycles. The largest absolute Gasteiger partial charge is 0.573 e. The van der Waals surface area contributed by atoms with Crippen molar-refractivity contribution in [2.45, 2.75) is 39.1 Å². The van der Waals surface area contributed by atoms with Crippen molar-refractivity contribution >= 4 is 11.7 Å². The molecule has 192 valence electrons. The van der Waals surface area contributed by atoms with Gasteiger partial charge in [0.25, 0.3) is 5.91 Å². The number of halogens is 3. The fourth-order valence-electron chi connectivity index (χ4n) is 4.50. The number of piperidine rings is 1. The minimum atomic E-state index is -4.78. The van der Waals surface area contributed by atoms with Crippen LogP contribution in [0, 0.1) is 25.2 Å². The second-order valence-electron chi connectivity index (χ2n) is 9.02. The average Bonchev–Trinajstić information content (AvgIpc) is 2.89. The van der Waals surface area contributed by atoms with E-state index in [1.165, 1.54) is 12.1 Å². The molecule has 0 N–H and O–H groups in total. The first kappa shape index (κ1) is 25.9. The SMILES string of the molecule is Cc1c(-c2ccc(C#N)cc2)nnc(N2CCC(N(C)C(=O)c3ccc(OC(F)(F)F)cc3)CC2)c1C. The average molecular weight is 510 g/mol. The number of carbonyl (C=O) groups excluding carboxylic acids is 1. The Labute approximate surface area is 213 Å². The van der Waals surface area contributed by atoms with Crippen LogP contribution in [0.15, 0.2) is 48.5 Å². The molecule has 1 aliphatic rings. The normalized spacial score (nSPS) is 14.2. The summed E-state index contributed by atoms with van der Waals surface area (Å²) < 4.78 is 41.0. The van der Waals surface area contributed by atoms with E-state index in [1.54, 1.807) is 24.1 Å². The van der Waals surface area contributed by atoms with Crippen LogP contribution in [0.1, 0.15) is 39.9 Å².